The van der Waals surface area contributed by atoms with Gasteiger partial charge in [0.25, 0.3) is 0 Å². The Kier molecular flexibility index (Phi) is 6.18. The summed E-state index contributed by atoms with van der Waals surface area (Å²) in [6.45, 7) is 1.76. The first-order chi connectivity index (χ1) is 15.8. The summed E-state index contributed by atoms with van der Waals surface area (Å²) in [4.78, 5) is 0. The Morgan fingerprint density at radius 1 is 0.750 bits per heavy atom. The van der Waals surface area contributed by atoms with Crippen molar-refractivity contribution in [3.8, 4) is 11.5 Å². The summed E-state index contributed by atoms with van der Waals surface area (Å²) in [5, 5.41) is 10.4. The molecule has 0 bridgehead atoms. The van der Waals surface area contributed by atoms with Crippen LogP contribution in [0.25, 0.3) is 16.8 Å². The van der Waals surface area contributed by atoms with Crippen molar-refractivity contribution in [3.63, 3.8) is 0 Å². The molecule has 8 heteroatoms. The monoisotopic (exact) mass is 464 g/mol. The van der Waals surface area contributed by atoms with Crippen molar-refractivity contribution in [1.82, 2.24) is 19.2 Å². The molecular weight excluding hydrogens is 444 g/mol. The molecule has 0 aliphatic rings. The highest BCUT2D eigenvalue weighted by atomic mass is 35.5. The molecule has 5 rings (SSSR count). The maximum Gasteiger partial charge on any atom is 0.237 e. The van der Waals surface area contributed by atoms with Gasteiger partial charge in [-0.3, -0.25) is 4.40 Å². The zero-order chi connectivity index (χ0) is 21.8. The van der Waals surface area contributed by atoms with E-state index < -0.39 is 0 Å². The Labute approximate surface area is 194 Å². The molecule has 0 fully saturated rings. The van der Waals surface area contributed by atoms with Crippen LogP contribution in [0.3, 0.4) is 0 Å². The zero-order valence-corrected chi connectivity index (χ0v) is 18.8. The van der Waals surface area contributed by atoms with Crippen molar-refractivity contribution in [2.75, 3.05) is 19.0 Å². The minimum atomic E-state index is 0.510. The molecule has 2 heterocycles. The predicted molar refractivity (Wildman–Crippen MR) is 128 cm³/mol. The van der Waals surface area contributed by atoms with Crippen molar-refractivity contribution >= 4 is 40.2 Å². The fraction of sp³-hybridized carbons (Fsp3) is 0.167. The third-order valence-electron chi connectivity index (χ3n) is 4.99. The van der Waals surface area contributed by atoms with Crippen LogP contribution >= 0.6 is 23.4 Å². The molecule has 162 valence electrons. The van der Waals surface area contributed by atoms with E-state index >= 15 is 0 Å². The number of hydrogen-bond acceptors (Lipinski definition) is 5. The van der Waals surface area contributed by atoms with Crippen molar-refractivity contribution in [1.29, 1.82) is 0 Å². The third kappa shape index (κ3) is 4.40. The second-order valence-corrected chi connectivity index (χ2v) is 8.57. The van der Waals surface area contributed by atoms with E-state index in [1.165, 1.54) is 0 Å². The molecule has 5 aromatic rings. The number of ether oxygens (including phenoxy) is 2. The highest BCUT2D eigenvalue weighted by molar-refractivity contribution is 7.99. The summed E-state index contributed by atoms with van der Waals surface area (Å²) >= 11 is 7.58. The van der Waals surface area contributed by atoms with Crippen LogP contribution in [0.15, 0.2) is 84.0 Å². The molecule has 0 aliphatic heterocycles. The van der Waals surface area contributed by atoms with E-state index in [0.717, 1.165) is 39.2 Å². The lowest BCUT2D eigenvalue weighted by atomic mass is 10.3. The van der Waals surface area contributed by atoms with Gasteiger partial charge < -0.3 is 14.0 Å². The molecule has 6 nitrogen and oxygen atoms in total. The Balaban J connectivity index is 1.31. The van der Waals surface area contributed by atoms with E-state index in [1.54, 1.807) is 11.8 Å². The highest BCUT2D eigenvalue weighted by Gasteiger charge is 2.17. The van der Waals surface area contributed by atoms with Crippen molar-refractivity contribution in [2.45, 2.75) is 11.7 Å². The summed E-state index contributed by atoms with van der Waals surface area (Å²) in [5.74, 6) is 3.24. The van der Waals surface area contributed by atoms with Gasteiger partial charge in [0.15, 0.2) is 5.16 Å². The average Bonchev–Trinajstić information content (AvgIpc) is 3.38. The molecule has 2 aromatic heterocycles. The standard InChI is InChI=1S/C24H21ClN4O2S/c25-18-10-12-20(13-11-18)30-15-14-28-21-8-4-5-9-22(21)29-23(28)26-27-24(29)32-17-16-31-19-6-2-1-3-7-19/h1-13H,14-17H2. The number of rotatable bonds is 9. The lowest BCUT2D eigenvalue weighted by molar-refractivity contribution is 0.301. The van der Waals surface area contributed by atoms with Crippen LogP contribution in [0.2, 0.25) is 5.02 Å². The number of halogens is 1. The first kappa shape index (κ1) is 20.7. The Morgan fingerprint density at radius 3 is 2.25 bits per heavy atom. The second-order valence-electron chi connectivity index (χ2n) is 7.07. The van der Waals surface area contributed by atoms with E-state index in [-0.39, 0.29) is 0 Å². The van der Waals surface area contributed by atoms with Gasteiger partial charge in [0.05, 0.1) is 24.2 Å². The average molecular weight is 465 g/mol. The van der Waals surface area contributed by atoms with Crippen molar-refractivity contribution < 1.29 is 9.47 Å². The molecule has 0 spiro atoms. The number of fused-ring (bicyclic) bond motifs is 3. The van der Waals surface area contributed by atoms with E-state index in [4.69, 9.17) is 21.1 Å². The quantitative estimate of drug-likeness (QED) is 0.210. The van der Waals surface area contributed by atoms with Crippen LogP contribution in [0.4, 0.5) is 0 Å². The van der Waals surface area contributed by atoms with Gasteiger partial charge in [0.2, 0.25) is 5.78 Å². The van der Waals surface area contributed by atoms with Gasteiger partial charge in [-0.15, -0.1) is 10.2 Å². The van der Waals surface area contributed by atoms with Crippen LogP contribution in [-0.4, -0.2) is 38.1 Å². The molecule has 0 amide bonds. The number of para-hydroxylation sites is 3. The van der Waals surface area contributed by atoms with Gasteiger partial charge >= 0.3 is 0 Å². The number of aromatic nitrogens is 4. The van der Waals surface area contributed by atoms with Gasteiger partial charge in [-0.1, -0.05) is 53.7 Å². The maximum absolute atomic E-state index is 5.95. The topological polar surface area (TPSA) is 53.6 Å². The van der Waals surface area contributed by atoms with Crippen LogP contribution in [-0.2, 0) is 6.54 Å². The lowest BCUT2D eigenvalue weighted by Crippen LogP contribution is -2.08. The molecule has 0 saturated heterocycles. The van der Waals surface area contributed by atoms with Crippen LogP contribution in [0.1, 0.15) is 0 Å². The van der Waals surface area contributed by atoms with Gasteiger partial charge in [-0.05, 0) is 48.5 Å². The fourth-order valence-corrected chi connectivity index (χ4v) is 4.43. The largest absolute Gasteiger partial charge is 0.493 e. The number of thioether (sulfide) groups is 1. The van der Waals surface area contributed by atoms with Gasteiger partial charge in [0, 0.05) is 10.8 Å². The third-order valence-corrected chi connectivity index (χ3v) is 6.14. The van der Waals surface area contributed by atoms with E-state index in [9.17, 15) is 0 Å². The fourth-order valence-electron chi connectivity index (χ4n) is 3.55. The van der Waals surface area contributed by atoms with E-state index in [0.29, 0.717) is 24.8 Å². The molecule has 0 N–H and O–H groups in total. The SMILES string of the molecule is Clc1ccc(OCCn2c3ccccc3n3c(SCCOc4ccccc4)nnc23)cc1. The first-order valence-corrected chi connectivity index (χ1v) is 11.7. The number of nitrogens with zero attached hydrogens (tertiary/aromatic N) is 4. The van der Waals surface area contributed by atoms with Crippen LogP contribution in [0.5, 0.6) is 11.5 Å². The van der Waals surface area contributed by atoms with Crippen molar-refractivity contribution in [2.24, 2.45) is 0 Å². The lowest BCUT2D eigenvalue weighted by Gasteiger charge is -2.08. The summed E-state index contributed by atoms with van der Waals surface area (Å²) in [5.41, 5.74) is 2.17. The summed E-state index contributed by atoms with van der Waals surface area (Å²) < 4.78 is 15.9. The van der Waals surface area contributed by atoms with Crippen LogP contribution < -0.4 is 9.47 Å². The minimum Gasteiger partial charge on any atom is -0.493 e. The predicted octanol–water partition coefficient (Wildman–Crippen LogP) is 5.59. The summed E-state index contributed by atoms with van der Waals surface area (Å²) in [6.07, 6.45) is 0. The molecule has 0 unspecified atom stereocenters. The summed E-state index contributed by atoms with van der Waals surface area (Å²) in [7, 11) is 0. The molecule has 32 heavy (non-hydrogen) atoms. The zero-order valence-electron chi connectivity index (χ0n) is 17.2. The van der Waals surface area contributed by atoms with Crippen molar-refractivity contribution in [3.05, 3.63) is 83.9 Å². The molecule has 0 radical (unpaired) electrons. The normalized spacial score (nSPS) is 11.3. The van der Waals surface area contributed by atoms with Gasteiger partial charge in [-0.25, -0.2) is 0 Å². The van der Waals surface area contributed by atoms with Gasteiger partial charge in [-0.2, -0.15) is 0 Å². The maximum atomic E-state index is 5.95. The van der Waals surface area contributed by atoms with E-state index in [1.807, 2.05) is 66.7 Å². The second kappa shape index (κ2) is 9.54. The number of imidazole rings is 1. The summed E-state index contributed by atoms with van der Waals surface area (Å²) in [6, 6.07) is 25.5. The van der Waals surface area contributed by atoms with E-state index in [2.05, 4.69) is 31.3 Å². The van der Waals surface area contributed by atoms with Crippen LogP contribution in [0, 0.1) is 0 Å². The first-order valence-electron chi connectivity index (χ1n) is 10.3. The molecular formula is C24H21ClN4O2S. The minimum absolute atomic E-state index is 0.510. The Morgan fingerprint density at radius 2 is 1.44 bits per heavy atom. The smallest absolute Gasteiger partial charge is 0.237 e. The Bertz CT molecular complexity index is 1320. The highest BCUT2D eigenvalue weighted by Crippen LogP contribution is 2.26. The molecule has 3 aromatic carbocycles. The Hall–Kier alpha value is -3.16. The number of benzene rings is 3. The number of hydrogen-bond donors (Lipinski definition) is 0. The molecule has 0 aliphatic carbocycles. The molecule has 0 saturated carbocycles. The molecule has 0 atom stereocenters. The van der Waals surface area contributed by atoms with Gasteiger partial charge in [0.1, 0.15) is 18.1 Å².